The summed E-state index contributed by atoms with van der Waals surface area (Å²) in [5, 5.41) is 9.58. The summed E-state index contributed by atoms with van der Waals surface area (Å²) in [6, 6.07) is 13.7. The average Bonchev–Trinajstić information content (AvgIpc) is 3.15. The number of pyridine rings is 1. The summed E-state index contributed by atoms with van der Waals surface area (Å²) in [5.74, 6) is 1.24. The van der Waals surface area contributed by atoms with E-state index in [4.69, 9.17) is 4.74 Å². The second-order valence-corrected chi connectivity index (χ2v) is 4.98. The van der Waals surface area contributed by atoms with Gasteiger partial charge in [0, 0.05) is 17.8 Å². The van der Waals surface area contributed by atoms with Crippen molar-refractivity contribution in [1.29, 1.82) is 0 Å². The quantitative estimate of drug-likeness (QED) is 0.582. The molecule has 0 aliphatic rings. The predicted molar refractivity (Wildman–Crippen MR) is 86.4 cm³/mol. The molecule has 0 radical (unpaired) electrons. The van der Waals surface area contributed by atoms with Crippen molar-refractivity contribution in [3.63, 3.8) is 0 Å². The van der Waals surface area contributed by atoms with Crippen LogP contribution in [0.15, 0.2) is 61.2 Å². The van der Waals surface area contributed by atoms with Crippen LogP contribution in [0.2, 0.25) is 0 Å². The summed E-state index contributed by atoms with van der Waals surface area (Å²) in [6.07, 6.45) is 5.20. The Morgan fingerprint density at radius 2 is 1.96 bits per heavy atom. The minimum Gasteiger partial charge on any atom is -0.480 e. The standard InChI is InChI=1S/C17H13N5O/c1-23-17-13(10-12-4-2-3-5-14(12)19-17)15-6-7-16(21-20-15)22-9-8-18-11-22/h2-11H,1H3. The highest BCUT2D eigenvalue weighted by Crippen LogP contribution is 2.30. The van der Waals surface area contributed by atoms with Gasteiger partial charge in [0.15, 0.2) is 5.82 Å². The van der Waals surface area contributed by atoms with Gasteiger partial charge in [-0.25, -0.2) is 9.97 Å². The fraction of sp³-hybridized carbons (Fsp3) is 0.0588. The summed E-state index contributed by atoms with van der Waals surface area (Å²) >= 11 is 0. The van der Waals surface area contributed by atoms with Gasteiger partial charge in [0.05, 0.1) is 23.9 Å². The number of fused-ring (bicyclic) bond motifs is 1. The first kappa shape index (κ1) is 13.4. The Morgan fingerprint density at radius 1 is 1.04 bits per heavy atom. The van der Waals surface area contributed by atoms with Crippen molar-refractivity contribution in [2.45, 2.75) is 0 Å². The van der Waals surface area contributed by atoms with E-state index in [2.05, 4.69) is 20.2 Å². The lowest BCUT2D eigenvalue weighted by molar-refractivity contribution is 0.401. The molecule has 3 aromatic heterocycles. The van der Waals surface area contributed by atoms with E-state index >= 15 is 0 Å². The Labute approximate surface area is 132 Å². The van der Waals surface area contributed by atoms with Crippen LogP contribution in [0.3, 0.4) is 0 Å². The number of para-hydroxylation sites is 1. The topological polar surface area (TPSA) is 65.7 Å². The lowest BCUT2D eigenvalue weighted by atomic mass is 10.1. The van der Waals surface area contributed by atoms with Gasteiger partial charge in [0.2, 0.25) is 5.88 Å². The normalized spacial score (nSPS) is 10.8. The van der Waals surface area contributed by atoms with E-state index in [1.54, 1.807) is 24.2 Å². The molecule has 0 bridgehead atoms. The van der Waals surface area contributed by atoms with Crippen molar-refractivity contribution in [2.24, 2.45) is 0 Å². The average molecular weight is 303 g/mol. The molecular weight excluding hydrogens is 290 g/mol. The molecular formula is C17H13N5O. The summed E-state index contributed by atoms with van der Waals surface area (Å²) in [5.41, 5.74) is 2.41. The molecule has 4 aromatic rings. The SMILES string of the molecule is COc1nc2ccccc2cc1-c1ccc(-n2ccnc2)nn1. The highest BCUT2D eigenvalue weighted by Gasteiger charge is 2.11. The fourth-order valence-corrected chi connectivity index (χ4v) is 2.44. The third kappa shape index (κ3) is 2.40. The summed E-state index contributed by atoms with van der Waals surface area (Å²) in [6.45, 7) is 0. The number of benzene rings is 1. The van der Waals surface area contributed by atoms with Gasteiger partial charge in [-0.1, -0.05) is 18.2 Å². The summed E-state index contributed by atoms with van der Waals surface area (Å²) in [7, 11) is 1.61. The first-order chi connectivity index (χ1) is 11.3. The van der Waals surface area contributed by atoms with Crippen molar-refractivity contribution in [2.75, 3.05) is 7.11 Å². The number of nitrogens with zero attached hydrogens (tertiary/aromatic N) is 5. The Kier molecular flexibility index (Phi) is 3.20. The van der Waals surface area contributed by atoms with Gasteiger partial charge in [0.1, 0.15) is 6.33 Å². The number of methoxy groups -OCH3 is 1. The van der Waals surface area contributed by atoms with Crippen LogP contribution in [0.1, 0.15) is 0 Å². The molecule has 112 valence electrons. The third-order valence-corrected chi connectivity index (χ3v) is 3.58. The predicted octanol–water partition coefficient (Wildman–Crippen LogP) is 2.89. The molecule has 0 N–H and O–H groups in total. The van der Waals surface area contributed by atoms with Crippen LogP contribution < -0.4 is 4.74 Å². The number of rotatable bonds is 3. The second kappa shape index (κ2) is 5.49. The molecule has 0 aliphatic carbocycles. The number of ether oxygens (including phenoxy) is 1. The van der Waals surface area contributed by atoms with Crippen molar-refractivity contribution >= 4 is 10.9 Å². The third-order valence-electron chi connectivity index (χ3n) is 3.58. The van der Waals surface area contributed by atoms with E-state index < -0.39 is 0 Å². The van der Waals surface area contributed by atoms with Crippen molar-refractivity contribution in [3.05, 3.63) is 61.2 Å². The van der Waals surface area contributed by atoms with Crippen LogP contribution in [0.25, 0.3) is 28.0 Å². The molecule has 0 saturated heterocycles. The zero-order chi connectivity index (χ0) is 15.6. The Hall–Kier alpha value is -3.28. The van der Waals surface area contributed by atoms with E-state index in [0.29, 0.717) is 17.4 Å². The molecule has 3 heterocycles. The van der Waals surface area contributed by atoms with Gasteiger partial charge >= 0.3 is 0 Å². The molecule has 1 aromatic carbocycles. The lowest BCUT2D eigenvalue weighted by Crippen LogP contribution is -1.99. The number of imidazole rings is 1. The van der Waals surface area contributed by atoms with E-state index in [1.165, 1.54) is 0 Å². The van der Waals surface area contributed by atoms with Crippen LogP contribution in [0.4, 0.5) is 0 Å². The first-order valence-corrected chi connectivity index (χ1v) is 7.11. The van der Waals surface area contributed by atoms with Gasteiger partial charge in [-0.2, -0.15) is 0 Å². The Balaban J connectivity index is 1.81. The smallest absolute Gasteiger partial charge is 0.223 e. The van der Waals surface area contributed by atoms with Gasteiger partial charge < -0.3 is 4.74 Å². The van der Waals surface area contributed by atoms with Crippen LogP contribution in [0, 0.1) is 0 Å². The van der Waals surface area contributed by atoms with Crippen LogP contribution in [-0.4, -0.2) is 31.8 Å². The molecule has 0 atom stereocenters. The molecule has 6 nitrogen and oxygen atoms in total. The minimum atomic E-state index is 0.536. The molecule has 0 unspecified atom stereocenters. The molecule has 0 aliphatic heterocycles. The zero-order valence-corrected chi connectivity index (χ0v) is 12.4. The number of hydrogen-bond donors (Lipinski definition) is 0. The molecule has 6 heteroatoms. The van der Waals surface area contributed by atoms with Crippen LogP contribution >= 0.6 is 0 Å². The van der Waals surface area contributed by atoms with Gasteiger partial charge in [0.25, 0.3) is 0 Å². The first-order valence-electron chi connectivity index (χ1n) is 7.11. The van der Waals surface area contributed by atoms with Gasteiger partial charge in [-0.15, -0.1) is 10.2 Å². The van der Waals surface area contributed by atoms with Gasteiger partial charge in [-0.05, 0) is 24.3 Å². The van der Waals surface area contributed by atoms with E-state index in [1.807, 2.05) is 48.7 Å². The van der Waals surface area contributed by atoms with Crippen LogP contribution in [0.5, 0.6) is 5.88 Å². The minimum absolute atomic E-state index is 0.536. The molecule has 23 heavy (non-hydrogen) atoms. The maximum atomic E-state index is 5.42. The monoisotopic (exact) mass is 303 g/mol. The molecule has 0 fully saturated rings. The van der Waals surface area contributed by atoms with E-state index in [0.717, 1.165) is 16.5 Å². The molecule has 0 spiro atoms. The molecule has 0 saturated carbocycles. The summed E-state index contributed by atoms with van der Waals surface area (Å²) in [4.78, 5) is 8.54. The highest BCUT2D eigenvalue weighted by atomic mass is 16.5. The molecule has 0 amide bonds. The van der Waals surface area contributed by atoms with E-state index in [9.17, 15) is 0 Å². The second-order valence-electron chi connectivity index (χ2n) is 4.98. The van der Waals surface area contributed by atoms with Crippen LogP contribution in [-0.2, 0) is 0 Å². The van der Waals surface area contributed by atoms with Gasteiger partial charge in [-0.3, -0.25) is 4.57 Å². The number of hydrogen-bond acceptors (Lipinski definition) is 5. The van der Waals surface area contributed by atoms with Crippen molar-refractivity contribution in [3.8, 4) is 23.0 Å². The molecule has 4 rings (SSSR count). The Bertz CT molecular complexity index is 949. The van der Waals surface area contributed by atoms with Crippen molar-refractivity contribution < 1.29 is 4.74 Å². The zero-order valence-electron chi connectivity index (χ0n) is 12.4. The largest absolute Gasteiger partial charge is 0.480 e. The van der Waals surface area contributed by atoms with E-state index in [-0.39, 0.29) is 0 Å². The number of aromatic nitrogens is 5. The summed E-state index contributed by atoms with van der Waals surface area (Å²) < 4.78 is 7.21. The maximum absolute atomic E-state index is 5.42. The Morgan fingerprint density at radius 3 is 2.70 bits per heavy atom. The van der Waals surface area contributed by atoms with Crippen molar-refractivity contribution in [1.82, 2.24) is 24.7 Å². The fourth-order valence-electron chi connectivity index (χ4n) is 2.44. The maximum Gasteiger partial charge on any atom is 0.223 e. The lowest BCUT2D eigenvalue weighted by Gasteiger charge is -2.09. The highest BCUT2D eigenvalue weighted by molar-refractivity contribution is 5.85.